The molecule has 0 saturated carbocycles. The van der Waals surface area contributed by atoms with Crippen LogP contribution in [0, 0.1) is 11.3 Å². The number of rotatable bonds is 5. The number of hydrogen-bond acceptors (Lipinski definition) is 6. The van der Waals surface area contributed by atoms with Crippen molar-refractivity contribution in [2.24, 2.45) is 12.8 Å². The van der Waals surface area contributed by atoms with Crippen molar-refractivity contribution in [3.63, 3.8) is 0 Å². The van der Waals surface area contributed by atoms with Gasteiger partial charge in [-0.3, -0.25) is 13.9 Å². The largest absolute Gasteiger partial charge is 0.381 e. The Morgan fingerprint density at radius 1 is 1.22 bits per heavy atom. The van der Waals surface area contributed by atoms with Gasteiger partial charge in [-0.05, 0) is 49.4 Å². The van der Waals surface area contributed by atoms with E-state index in [0.29, 0.717) is 36.4 Å². The molecule has 0 bridgehead atoms. The summed E-state index contributed by atoms with van der Waals surface area (Å²) in [6, 6.07) is 13.5. The zero-order chi connectivity index (χ0) is 26.1. The van der Waals surface area contributed by atoms with Gasteiger partial charge in [0, 0.05) is 58.0 Å². The van der Waals surface area contributed by atoms with Crippen LogP contribution >= 0.6 is 0 Å². The smallest absolute Gasteiger partial charge is 0.329 e. The minimum atomic E-state index is -0.187. The second-order valence-electron chi connectivity index (χ2n) is 10.2. The van der Waals surface area contributed by atoms with Gasteiger partial charge in [-0.2, -0.15) is 5.26 Å². The number of aryl methyl sites for hydroxylation is 1. The van der Waals surface area contributed by atoms with Gasteiger partial charge in [0.05, 0.1) is 34.9 Å². The number of carbonyl (C=O) groups is 1. The van der Waals surface area contributed by atoms with E-state index in [0.717, 1.165) is 49.0 Å². The van der Waals surface area contributed by atoms with E-state index in [4.69, 9.17) is 10.5 Å². The van der Waals surface area contributed by atoms with Gasteiger partial charge in [0.1, 0.15) is 0 Å². The number of hydrogen-bond donors (Lipinski definition) is 1. The summed E-state index contributed by atoms with van der Waals surface area (Å²) in [7, 11) is 3.58. The molecule has 2 aromatic carbocycles. The van der Waals surface area contributed by atoms with E-state index in [1.807, 2.05) is 42.3 Å². The second-order valence-corrected chi connectivity index (χ2v) is 10.2. The molecule has 2 aliphatic rings. The summed E-state index contributed by atoms with van der Waals surface area (Å²) in [5, 5.41) is 9.61. The lowest BCUT2D eigenvalue weighted by molar-refractivity contribution is 0.0362. The summed E-state index contributed by atoms with van der Waals surface area (Å²) in [6.07, 6.45) is 3.51. The number of amides is 1. The number of aromatic nitrogens is 2. The molecule has 37 heavy (non-hydrogen) atoms. The lowest BCUT2D eigenvalue weighted by Crippen LogP contribution is -2.43. The Labute approximate surface area is 216 Å². The molecule has 0 aliphatic carbocycles. The second kappa shape index (κ2) is 10.4. The number of ether oxygens (including phenoxy) is 1. The highest BCUT2D eigenvalue weighted by Gasteiger charge is 2.28. The average molecular weight is 503 g/mol. The van der Waals surface area contributed by atoms with E-state index < -0.39 is 0 Å². The molecule has 9 nitrogen and oxygen atoms in total. The van der Waals surface area contributed by atoms with Crippen molar-refractivity contribution in [3.05, 3.63) is 63.6 Å². The molecule has 3 aromatic rings. The molecule has 1 amide bonds. The number of benzene rings is 2. The van der Waals surface area contributed by atoms with Crippen LogP contribution in [0.4, 0.5) is 5.69 Å². The van der Waals surface area contributed by atoms with Crippen LogP contribution in [0.1, 0.15) is 47.2 Å². The van der Waals surface area contributed by atoms with Gasteiger partial charge in [0.25, 0.3) is 5.91 Å². The van der Waals surface area contributed by atoms with Crippen molar-refractivity contribution in [3.8, 4) is 6.07 Å². The predicted molar refractivity (Wildman–Crippen MR) is 143 cm³/mol. The molecule has 5 rings (SSSR count). The first-order valence-electron chi connectivity index (χ1n) is 13.0. The normalized spacial score (nSPS) is 18.6. The molecule has 2 saturated heterocycles. The summed E-state index contributed by atoms with van der Waals surface area (Å²) in [4.78, 5) is 31.2. The maximum atomic E-state index is 13.7. The molecule has 2 fully saturated rings. The summed E-state index contributed by atoms with van der Waals surface area (Å²) in [5.74, 6) is -0.0635. The molecule has 0 unspecified atom stereocenters. The Kier molecular flexibility index (Phi) is 7.04. The van der Waals surface area contributed by atoms with Crippen LogP contribution in [0.3, 0.4) is 0 Å². The molecule has 3 heterocycles. The number of nitrogens with two attached hydrogens (primary N) is 1. The highest BCUT2D eigenvalue weighted by atomic mass is 16.5. The molecule has 1 aromatic heterocycles. The van der Waals surface area contributed by atoms with Gasteiger partial charge in [-0.25, -0.2) is 4.79 Å². The maximum Gasteiger partial charge on any atom is 0.329 e. The molecule has 0 radical (unpaired) electrons. The summed E-state index contributed by atoms with van der Waals surface area (Å²) in [5.41, 5.74) is 10.3. The Morgan fingerprint density at radius 3 is 2.70 bits per heavy atom. The summed E-state index contributed by atoms with van der Waals surface area (Å²) >= 11 is 0. The topological polar surface area (TPSA) is 110 Å². The number of piperidine rings is 1. The van der Waals surface area contributed by atoms with Crippen LogP contribution in [0.25, 0.3) is 11.0 Å². The van der Waals surface area contributed by atoms with Crippen molar-refractivity contribution in [2.75, 3.05) is 38.3 Å². The van der Waals surface area contributed by atoms with Gasteiger partial charge in [-0.15, -0.1) is 0 Å². The first-order valence-corrected chi connectivity index (χ1v) is 13.0. The van der Waals surface area contributed by atoms with E-state index in [1.54, 1.807) is 22.2 Å². The number of fused-ring (bicyclic) bond motifs is 1. The number of anilines is 1. The van der Waals surface area contributed by atoms with Crippen molar-refractivity contribution in [1.29, 1.82) is 5.26 Å². The summed E-state index contributed by atoms with van der Waals surface area (Å²) in [6.45, 7) is 3.02. The van der Waals surface area contributed by atoms with E-state index in [2.05, 4.69) is 11.0 Å². The zero-order valence-electron chi connectivity index (χ0n) is 21.5. The third-order valence-corrected chi connectivity index (χ3v) is 7.79. The van der Waals surface area contributed by atoms with Gasteiger partial charge < -0.3 is 20.3 Å². The first kappa shape index (κ1) is 25.1. The molecule has 2 aliphatic heterocycles. The monoisotopic (exact) mass is 502 g/mol. The number of imidazole rings is 1. The Balaban J connectivity index is 1.65. The van der Waals surface area contributed by atoms with E-state index in [9.17, 15) is 14.9 Å². The van der Waals surface area contributed by atoms with Crippen molar-refractivity contribution < 1.29 is 9.53 Å². The van der Waals surface area contributed by atoms with Crippen LogP contribution in [0.2, 0.25) is 0 Å². The van der Waals surface area contributed by atoms with Gasteiger partial charge >= 0.3 is 5.69 Å². The number of carbonyl (C=O) groups excluding carboxylic acids is 1. The Morgan fingerprint density at radius 2 is 1.97 bits per heavy atom. The van der Waals surface area contributed by atoms with E-state index in [1.165, 1.54) is 0 Å². The van der Waals surface area contributed by atoms with Crippen LogP contribution < -0.4 is 16.3 Å². The molecule has 9 heteroatoms. The van der Waals surface area contributed by atoms with Gasteiger partial charge in [-0.1, -0.05) is 18.2 Å². The van der Waals surface area contributed by atoms with E-state index >= 15 is 0 Å². The summed E-state index contributed by atoms with van der Waals surface area (Å²) < 4.78 is 8.80. The lowest BCUT2D eigenvalue weighted by Gasteiger charge is -2.34. The third-order valence-electron chi connectivity index (χ3n) is 7.79. The van der Waals surface area contributed by atoms with Gasteiger partial charge in [0.2, 0.25) is 0 Å². The maximum absolute atomic E-state index is 13.7. The highest BCUT2D eigenvalue weighted by molar-refractivity contribution is 6.02. The van der Waals surface area contributed by atoms with Gasteiger partial charge in [0.15, 0.2) is 0 Å². The fraction of sp³-hybridized carbons (Fsp3) is 0.464. The third kappa shape index (κ3) is 4.75. The fourth-order valence-electron chi connectivity index (χ4n) is 5.64. The fourth-order valence-corrected chi connectivity index (χ4v) is 5.64. The quantitative estimate of drug-likeness (QED) is 0.574. The minimum absolute atomic E-state index is 0.0243. The lowest BCUT2D eigenvalue weighted by atomic mass is 10.0. The Hall–Kier alpha value is -3.61. The first-order chi connectivity index (χ1) is 17.9. The van der Waals surface area contributed by atoms with Crippen LogP contribution in [-0.4, -0.2) is 65.4 Å². The van der Waals surface area contributed by atoms with Crippen molar-refractivity contribution in [2.45, 2.75) is 44.3 Å². The molecular weight excluding hydrogens is 468 g/mol. The zero-order valence-corrected chi connectivity index (χ0v) is 21.5. The molecule has 2 N–H and O–H groups in total. The van der Waals surface area contributed by atoms with Crippen LogP contribution in [0.15, 0.2) is 41.2 Å². The number of nitriles is 1. The molecule has 194 valence electrons. The minimum Gasteiger partial charge on any atom is -0.381 e. The molecule has 1 atom stereocenters. The van der Waals surface area contributed by atoms with Crippen LogP contribution in [0.5, 0.6) is 0 Å². The average Bonchev–Trinajstić information content (AvgIpc) is 3.17. The highest BCUT2D eigenvalue weighted by Crippen LogP contribution is 2.32. The van der Waals surface area contributed by atoms with E-state index in [-0.39, 0.29) is 30.2 Å². The molecule has 0 spiro atoms. The van der Waals surface area contributed by atoms with Crippen molar-refractivity contribution >= 4 is 22.6 Å². The Bertz CT molecular complexity index is 1410. The molecular formula is C28H34N6O3. The number of nitrogens with zero attached hydrogens (tertiary/aromatic N) is 5. The SMILES string of the molecule is CN(C(=O)c1cc(N2CCC[C@@H](N)C2)c2c(c1)n(C)c(=O)n2Cc1ccccc1C#N)C1CCOCC1. The van der Waals surface area contributed by atoms with Crippen molar-refractivity contribution in [1.82, 2.24) is 14.0 Å². The predicted octanol–water partition coefficient (Wildman–Crippen LogP) is 2.44. The standard InChI is InChI=1S/C28H34N6O3/c1-31(23-9-12-37-13-10-23)27(35)21-14-24-26(25(15-21)33-11-5-8-22(30)18-33)34(28(36)32(24)2)17-20-7-4-3-6-19(20)16-29/h3-4,6-7,14-15,22-23H,5,8-13,17-18,30H2,1-2H3/t22-/m1/s1. The van der Waals surface area contributed by atoms with Crippen LogP contribution in [-0.2, 0) is 18.3 Å².